The zero-order valence-corrected chi connectivity index (χ0v) is 21.1. The van der Waals surface area contributed by atoms with Gasteiger partial charge in [0.15, 0.2) is 5.65 Å². The van der Waals surface area contributed by atoms with Crippen LogP contribution in [-0.2, 0) is 0 Å². The van der Waals surface area contributed by atoms with Crippen molar-refractivity contribution in [1.29, 1.82) is 5.41 Å². The minimum Gasteiger partial charge on any atom is -0.492 e. The molecule has 9 heteroatoms. The van der Waals surface area contributed by atoms with E-state index in [9.17, 15) is 9.90 Å². The summed E-state index contributed by atoms with van der Waals surface area (Å²) in [6.45, 7) is 3.92. The van der Waals surface area contributed by atoms with Gasteiger partial charge >= 0.3 is 0 Å². The van der Waals surface area contributed by atoms with Crippen molar-refractivity contribution in [1.82, 2.24) is 24.4 Å². The van der Waals surface area contributed by atoms with Crippen LogP contribution >= 0.6 is 0 Å². The fourth-order valence-electron chi connectivity index (χ4n) is 5.25. The third-order valence-electron chi connectivity index (χ3n) is 7.32. The molecule has 1 saturated heterocycles. The Labute approximate surface area is 220 Å². The van der Waals surface area contributed by atoms with Gasteiger partial charge in [-0.05, 0) is 61.3 Å². The smallest absolute Gasteiger partial charge is 0.260 e. The van der Waals surface area contributed by atoms with Gasteiger partial charge in [0.25, 0.3) is 5.91 Å². The normalized spacial score (nSPS) is 15.9. The van der Waals surface area contributed by atoms with E-state index in [1.807, 2.05) is 42.7 Å². The van der Waals surface area contributed by atoms with Crippen LogP contribution in [0, 0.1) is 5.41 Å². The Kier molecular flexibility index (Phi) is 6.61. The second-order valence-corrected chi connectivity index (χ2v) is 9.73. The highest BCUT2D eigenvalue weighted by Gasteiger charge is 2.32. The van der Waals surface area contributed by atoms with Gasteiger partial charge in [-0.25, -0.2) is 9.50 Å². The van der Waals surface area contributed by atoms with Crippen LogP contribution in [-0.4, -0.2) is 80.6 Å². The fourth-order valence-corrected chi connectivity index (χ4v) is 5.25. The molecule has 194 valence electrons. The van der Waals surface area contributed by atoms with Crippen LogP contribution in [0.2, 0.25) is 0 Å². The summed E-state index contributed by atoms with van der Waals surface area (Å²) in [5, 5.41) is 22.0. The zero-order chi connectivity index (χ0) is 26.1. The van der Waals surface area contributed by atoms with Crippen molar-refractivity contribution >= 4 is 17.4 Å². The molecule has 4 aromatic rings. The average molecular weight is 511 g/mol. The maximum absolute atomic E-state index is 12.8. The number of carbonyl (C=O) groups is 1. The molecule has 0 spiro atoms. The van der Waals surface area contributed by atoms with Gasteiger partial charge in [0.2, 0.25) is 0 Å². The molecule has 2 aromatic heterocycles. The molecule has 2 aliphatic heterocycles. The van der Waals surface area contributed by atoms with Gasteiger partial charge in [0.05, 0.1) is 24.9 Å². The Hall–Kier alpha value is -4.08. The number of carbonyl (C=O) groups excluding carboxylic acids is 1. The number of ether oxygens (including phenoxy) is 1. The van der Waals surface area contributed by atoms with E-state index in [0.29, 0.717) is 23.4 Å². The van der Waals surface area contributed by atoms with Crippen molar-refractivity contribution in [3.05, 3.63) is 72.2 Å². The van der Waals surface area contributed by atoms with Crippen molar-refractivity contribution < 1.29 is 14.6 Å². The first-order chi connectivity index (χ1) is 18.6. The van der Waals surface area contributed by atoms with Crippen LogP contribution in [0.4, 0.5) is 0 Å². The summed E-state index contributed by atoms with van der Waals surface area (Å²) in [6, 6.07) is 13.5. The number of hydrogen-bond donors (Lipinski definition) is 2. The minimum atomic E-state index is -0.272. The van der Waals surface area contributed by atoms with Crippen molar-refractivity contribution in [3.8, 4) is 28.0 Å². The highest BCUT2D eigenvalue weighted by molar-refractivity contribution is 6.22. The number of amides is 1. The largest absolute Gasteiger partial charge is 0.492 e. The first-order valence-electron chi connectivity index (χ1n) is 13.1. The summed E-state index contributed by atoms with van der Waals surface area (Å²) < 4.78 is 7.70. The number of aliphatic hydroxyl groups is 1. The molecule has 0 radical (unpaired) electrons. The molecule has 38 heavy (non-hydrogen) atoms. The number of likely N-dealkylation sites (tertiary alicyclic amines) is 1. The SMILES string of the molecule is N=C1c2ccc(-c3cnn4cc(-c5ccc(OCCN6CCCCC6)cc5)cnc34)cc2C(=O)N1CCO. The van der Waals surface area contributed by atoms with Crippen LogP contribution in [0.5, 0.6) is 5.75 Å². The van der Waals surface area contributed by atoms with Crippen LogP contribution in [0.1, 0.15) is 35.2 Å². The predicted octanol–water partition coefficient (Wildman–Crippen LogP) is 3.70. The number of piperidine rings is 1. The van der Waals surface area contributed by atoms with Crippen LogP contribution in [0.25, 0.3) is 27.9 Å². The quantitative estimate of drug-likeness (QED) is 0.374. The van der Waals surface area contributed by atoms with E-state index < -0.39 is 0 Å². The van der Waals surface area contributed by atoms with Gasteiger partial charge in [-0.3, -0.25) is 20.0 Å². The molecule has 4 heterocycles. The molecule has 0 aliphatic carbocycles. The van der Waals surface area contributed by atoms with Gasteiger partial charge in [-0.1, -0.05) is 24.6 Å². The summed E-state index contributed by atoms with van der Waals surface area (Å²) in [5.41, 5.74) is 5.26. The van der Waals surface area contributed by atoms with E-state index in [1.54, 1.807) is 22.8 Å². The number of rotatable bonds is 8. The lowest BCUT2D eigenvalue weighted by Gasteiger charge is -2.26. The number of aromatic nitrogens is 3. The third-order valence-corrected chi connectivity index (χ3v) is 7.32. The van der Waals surface area contributed by atoms with E-state index in [1.165, 1.54) is 37.3 Å². The second-order valence-electron chi connectivity index (χ2n) is 9.73. The van der Waals surface area contributed by atoms with E-state index in [0.717, 1.165) is 34.5 Å². The van der Waals surface area contributed by atoms with Crippen molar-refractivity contribution in [3.63, 3.8) is 0 Å². The van der Waals surface area contributed by atoms with Crippen molar-refractivity contribution in [2.24, 2.45) is 0 Å². The fraction of sp³-hybridized carbons (Fsp3) is 0.310. The molecular formula is C29H30N6O3. The van der Waals surface area contributed by atoms with Crippen LogP contribution in [0.3, 0.4) is 0 Å². The average Bonchev–Trinajstić information content (AvgIpc) is 3.48. The number of β-amino-alcohol motifs (C(OH)–C–C–N with tert-alkyl or cyclic N) is 1. The molecule has 0 saturated carbocycles. The molecule has 2 aliphatic rings. The molecule has 0 atom stereocenters. The Bertz CT molecular complexity index is 1490. The topological polar surface area (TPSA) is 107 Å². The molecule has 2 N–H and O–H groups in total. The Morgan fingerprint density at radius 3 is 2.47 bits per heavy atom. The van der Waals surface area contributed by atoms with Gasteiger partial charge in [-0.2, -0.15) is 5.10 Å². The Morgan fingerprint density at radius 1 is 0.895 bits per heavy atom. The number of nitrogens with one attached hydrogen (secondary N) is 1. The first-order valence-corrected chi connectivity index (χ1v) is 13.1. The summed E-state index contributed by atoms with van der Waals surface area (Å²) in [6.07, 6.45) is 9.41. The zero-order valence-electron chi connectivity index (χ0n) is 21.1. The van der Waals surface area contributed by atoms with Gasteiger partial charge < -0.3 is 9.84 Å². The van der Waals surface area contributed by atoms with Crippen molar-refractivity contribution in [2.75, 3.05) is 39.4 Å². The van der Waals surface area contributed by atoms with E-state index >= 15 is 0 Å². The number of benzene rings is 2. The van der Waals surface area contributed by atoms with Crippen molar-refractivity contribution in [2.45, 2.75) is 19.3 Å². The number of amidine groups is 1. The molecule has 6 rings (SSSR count). The standard InChI is InChI=1S/C29H30N6O3/c30-27-24-9-6-21(16-25(24)29(37)34(27)12-14-36)26-18-32-35-19-22(17-31-28(26)35)20-4-7-23(8-5-20)38-15-13-33-10-2-1-3-11-33/h4-9,16-19,30,36H,1-3,10-15H2. The number of hydrogen-bond acceptors (Lipinski definition) is 7. The van der Waals surface area contributed by atoms with Gasteiger partial charge in [-0.15, -0.1) is 0 Å². The molecule has 0 unspecified atom stereocenters. The highest BCUT2D eigenvalue weighted by atomic mass is 16.5. The van der Waals surface area contributed by atoms with E-state index in [2.05, 4.69) is 15.0 Å². The molecule has 2 aromatic carbocycles. The highest BCUT2D eigenvalue weighted by Crippen LogP contribution is 2.31. The van der Waals surface area contributed by atoms with Gasteiger partial charge in [0, 0.05) is 35.6 Å². The minimum absolute atomic E-state index is 0.106. The maximum atomic E-state index is 12.8. The molecule has 1 amide bonds. The summed E-state index contributed by atoms with van der Waals surface area (Å²) in [4.78, 5) is 21.2. The lowest BCUT2D eigenvalue weighted by molar-refractivity contribution is 0.0839. The molecular weight excluding hydrogens is 480 g/mol. The Balaban J connectivity index is 1.18. The predicted molar refractivity (Wildman–Crippen MR) is 145 cm³/mol. The summed E-state index contributed by atoms with van der Waals surface area (Å²) >= 11 is 0. The number of nitrogens with zero attached hydrogens (tertiary/aromatic N) is 5. The van der Waals surface area contributed by atoms with E-state index in [-0.39, 0.29) is 24.9 Å². The lowest BCUT2D eigenvalue weighted by atomic mass is 10.0. The number of fused-ring (bicyclic) bond motifs is 2. The Morgan fingerprint density at radius 2 is 1.68 bits per heavy atom. The summed E-state index contributed by atoms with van der Waals surface area (Å²) in [7, 11) is 0. The molecule has 9 nitrogen and oxygen atoms in total. The van der Waals surface area contributed by atoms with Gasteiger partial charge in [0.1, 0.15) is 18.2 Å². The molecule has 0 bridgehead atoms. The first kappa shape index (κ1) is 24.3. The molecule has 1 fully saturated rings. The van der Waals surface area contributed by atoms with Crippen LogP contribution < -0.4 is 4.74 Å². The van der Waals surface area contributed by atoms with E-state index in [4.69, 9.17) is 10.1 Å². The van der Waals surface area contributed by atoms with Crippen LogP contribution in [0.15, 0.2) is 61.1 Å². The maximum Gasteiger partial charge on any atom is 0.260 e. The third kappa shape index (κ3) is 4.55. The number of aliphatic hydroxyl groups excluding tert-OH is 1. The summed E-state index contributed by atoms with van der Waals surface area (Å²) in [5.74, 6) is 0.705. The second kappa shape index (κ2) is 10.4. The monoisotopic (exact) mass is 510 g/mol. The lowest BCUT2D eigenvalue weighted by Crippen LogP contribution is -2.33.